The Morgan fingerprint density at radius 2 is 1.38 bits per heavy atom. The van der Waals surface area contributed by atoms with Gasteiger partial charge in [0.1, 0.15) is 0 Å². The smallest absolute Gasteiger partial charge is 0.289 e. The number of hydrogen-bond acceptors (Lipinski definition) is 3. The second-order valence-corrected chi connectivity index (χ2v) is 3.09. The molecule has 0 rings (SSSR count). The third-order valence-electron chi connectivity index (χ3n) is 1.46. The Kier molecular flexibility index (Phi) is 4.10. The van der Waals surface area contributed by atoms with Crippen molar-refractivity contribution in [3.05, 3.63) is 0 Å². The molecule has 0 aliphatic heterocycles. The molecular formula is C8H14N2O3. The van der Waals surface area contributed by atoms with Gasteiger partial charge in [0.25, 0.3) is 5.91 Å². The first kappa shape index (κ1) is 11.6. The summed E-state index contributed by atoms with van der Waals surface area (Å²) in [6, 6.07) is 0. The summed E-state index contributed by atoms with van der Waals surface area (Å²) < 4.78 is 0. The van der Waals surface area contributed by atoms with Crippen molar-refractivity contribution in [2.24, 2.45) is 0 Å². The summed E-state index contributed by atoms with van der Waals surface area (Å²) in [5.41, 5.74) is 0. The van der Waals surface area contributed by atoms with Crippen LogP contribution in [0.15, 0.2) is 0 Å². The van der Waals surface area contributed by atoms with E-state index in [-0.39, 0.29) is 12.3 Å². The molecule has 0 fully saturated rings. The summed E-state index contributed by atoms with van der Waals surface area (Å²) in [4.78, 5) is 35.5. The van der Waals surface area contributed by atoms with Crippen LogP contribution in [0.25, 0.3) is 0 Å². The van der Waals surface area contributed by atoms with Crippen molar-refractivity contribution in [2.75, 3.05) is 28.2 Å². The van der Waals surface area contributed by atoms with E-state index in [9.17, 15) is 14.4 Å². The predicted molar refractivity (Wildman–Crippen MR) is 47.0 cm³/mol. The number of ketones is 1. The van der Waals surface area contributed by atoms with Crippen molar-refractivity contribution >= 4 is 17.6 Å². The number of rotatable bonds is 3. The predicted octanol–water partition coefficient (Wildman–Crippen LogP) is -0.878. The number of Topliss-reactive ketones (excluding diaryl/α,β-unsaturated/α-hetero) is 1. The van der Waals surface area contributed by atoms with Gasteiger partial charge < -0.3 is 9.80 Å². The second-order valence-electron chi connectivity index (χ2n) is 3.09. The van der Waals surface area contributed by atoms with E-state index in [1.165, 1.54) is 33.1 Å². The van der Waals surface area contributed by atoms with Crippen LogP contribution in [0.3, 0.4) is 0 Å². The number of likely N-dealkylation sites (N-methyl/N-ethyl adjacent to an activating group) is 1. The van der Waals surface area contributed by atoms with E-state index in [1.54, 1.807) is 0 Å². The zero-order valence-electron chi connectivity index (χ0n) is 8.33. The van der Waals surface area contributed by atoms with Gasteiger partial charge in [0, 0.05) is 28.2 Å². The Balaban J connectivity index is 4.17. The minimum absolute atomic E-state index is 0.357. The van der Waals surface area contributed by atoms with Crippen LogP contribution in [0.4, 0.5) is 0 Å². The van der Waals surface area contributed by atoms with E-state index in [2.05, 4.69) is 0 Å². The summed E-state index contributed by atoms with van der Waals surface area (Å²) >= 11 is 0. The van der Waals surface area contributed by atoms with Crippen molar-refractivity contribution in [1.29, 1.82) is 0 Å². The fourth-order valence-corrected chi connectivity index (χ4v) is 0.620. The average Bonchev–Trinajstić information content (AvgIpc) is 2.02. The Hall–Kier alpha value is -1.39. The van der Waals surface area contributed by atoms with Gasteiger partial charge in [0.15, 0.2) is 0 Å². The van der Waals surface area contributed by atoms with E-state index in [0.29, 0.717) is 0 Å². The van der Waals surface area contributed by atoms with Gasteiger partial charge in [0.05, 0.1) is 6.42 Å². The first-order valence-electron chi connectivity index (χ1n) is 3.81. The highest BCUT2D eigenvalue weighted by molar-refractivity contribution is 6.38. The fraction of sp³-hybridized carbons (Fsp3) is 0.625. The maximum Gasteiger partial charge on any atom is 0.289 e. The highest BCUT2D eigenvalue weighted by atomic mass is 16.2. The Morgan fingerprint density at radius 1 is 0.923 bits per heavy atom. The van der Waals surface area contributed by atoms with E-state index in [1.807, 2.05) is 0 Å². The van der Waals surface area contributed by atoms with Crippen molar-refractivity contribution in [1.82, 2.24) is 9.80 Å². The van der Waals surface area contributed by atoms with Gasteiger partial charge in [-0.1, -0.05) is 0 Å². The molecule has 0 aromatic heterocycles. The summed E-state index contributed by atoms with van der Waals surface area (Å²) in [5, 5.41) is 0. The van der Waals surface area contributed by atoms with Crippen LogP contribution in [0, 0.1) is 0 Å². The van der Waals surface area contributed by atoms with Crippen LogP contribution in [-0.2, 0) is 14.4 Å². The molecule has 5 nitrogen and oxygen atoms in total. The van der Waals surface area contributed by atoms with Gasteiger partial charge in [-0.3, -0.25) is 14.4 Å². The lowest BCUT2D eigenvalue weighted by Gasteiger charge is -2.11. The van der Waals surface area contributed by atoms with Gasteiger partial charge in [-0.15, -0.1) is 0 Å². The van der Waals surface area contributed by atoms with Crippen molar-refractivity contribution in [3.63, 3.8) is 0 Å². The largest absolute Gasteiger partial charge is 0.348 e. The molecule has 0 saturated carbocycles. The van der Waals surface area contributed by atoms with Gasteiger partial charge >= 0.3 is 0 Å². The summed E-state index contributed by atoms with van der Waals surface area (Å²) in [6.07, 6.45) is -0.357. The molecule has 0 aliphatic rings. The first-order valence-corrected chi connectivity index (χ1v) is 3.81. The van der Waals surface area contributed by atoms with Crippen LogP contribution >= 0.6 is 0 Å². The summed E-state index contributed by atoms with van der Waals surface area (Å²) in [5.74, 6) is -1.68. The molecule has 0 aromatic rings. The van der Waals surface area contributed by atoms with Crippen LogP contribution < -0.4 is 0 Å². The third kappa shape index (κ3) is 3.68. The number of nitrogens with zero attached hydrogens (tertiary/aromatic N) is 2. The fourth-order valence-electron chi connectivity index (χ4n) is 0.620. The normalized spacial score (nSPS) is 9.23. The lowest BCUT2D eigenvalue weighted by atomic mass is 10.2. The minimum atomic E-state index is -0.677. The number of hydrogen-bond donors (Lipinski definition) is 0. The second kappa shape index (κ2) is 4.59. The van der Waals surface area contributed by atoms with Crippen LogP contribution in [0.5, 0.6) is 0 Å². The third-order valence-corrected chi connectivity index (χ3v) is 1.46. The maximum atomic E-state index is 11.1. The Morgan fingerprint density at radius 3 is 1.69 bits per heavy atom. The molecule has 0 bridgehead atoms. The highest BCUT2D eigenvalue weighted by Crippen LogP contribution is 1.92. The molecule has 0 aromatic carbocycles. The van der Waals surface area contributed by atoms with Gasteiger partial charge in [-0.2, -0.15) is 0 Å². The van der Waals surface area contributed by atoms with Crippen LogP contribution in [-0.4, -0.2) is 55.6 Å². The van der Waals surface area contributed by atoms with Gasteiger partial charge in [-0.05, 0) is 0 Å². The van der Waals surface area contributed by atoms with Gasteiger partial charge in [0.2, 0.25) is 11.7 Å². The molecule has 5 heteroatoms. The maximum absolute atomic E-state index is 11.1. The average molecular weight is 186 g/mol. The first-order chi connectivity index (χ1) is 5.86. The Labute approximate surface area is 77.3 Å². The number of amides is 2. The lowest BCUT2D eigenvalue weighted by molar-refractivity contribution is -0.145. The highest BCUT2D eigenvalue weighted by Gasteiger charge is 2.19. The topological polar surface area (TPSA) is 57.7 Å². The lowest BCUT2D eigenvalue weighted by Crippen LogP contribution is -2.34. The van der Waals surface area contributed by atoms with E-state index >= 15 is 0 Å². The minimum Gasteiger partial charge on any atom is -0.348 e. The summed E-state index contributed by atoms with van der Waals surface area (Å²) in [7, 11) is 6.02. The van der Waals surface area contributed by atoms with E-state index < -0.39 is 11.7 Å². The standard InChI is InChI=1S/C8H14N2O3/c1-9(2)7(12)5-6(11)8(13)10(3)4/h5H2,1-4H3. The van der Waals surface area contributed by atoms with Crippen LogP contribution in [0.2, 0.25) is 0 Å². The molecule has 0 unspecified atom stereocenters. The zero-order chi connectivity index (χ0) is 10.6. The van der Waals surface area contributed by atoms with Crippen molar-refractivity contribution in [2.45, 2.75) is 6.42 Å². The summed E-state index contributed by atoms with van der Waals surface area (Å²) in [6.45, 7) is 0. The number of carbonyl (C=O) groups is 3. The molecule has 0 spiro atoms. The monoisotopic (exact) mass is 186 g/mol. The molecule has 0 aliphatic carbocycles. The molecular weight excluding hydrogens is 172 g/mol. The molecule has 0 atom stereocenters. The molecule has 2 amide bonds. The molecule has 0 saturated heterocycles. The zero-order valence-corrected chi connectivity index (χ0v) is 8.33. The van der Waals surface area contributed by atoms with Crippen LogP contribution in [0.1, 0.15) is 6.42 Å². The van der Waals surface area contributed by atoms with E-state index in [4.69, 9.17) is 0 Å². The Bertz CT molecular complexity index is 234. The van der Waals surface area contributed by atoms with Crippen molar-refractivity contribution in [3.8, 4) is 0 Å². The quantitative estimate of drug-likeness (QED) is 0.425. The van der Waals surface area contributed by atoms with Crippen molar-refractivity contribution < 1.29 is 14.4 Å². The molecule has 74 valence electrons. The van der Waals surface area contributed by atoms with E-state index in [0.717, 1.165) is 4.90 Å². The molecule has 0 N–H and O–H groups in total. The molecule has 0 radical (unpaired) electrons. The molecule has 13 heavy (non-hydrogen) atoms. The van der Waals surface area contributed by atoms with Gasteiger partial charge in [-0.25, -0.2) is 0 Å². The molecule has 0 heterocycles. The SMILES string of the molecule is CN(C)C(=O)CC(=O)C(=O)N(C)C. The number of carbonyl (C=O) groups excluding carboxylic acids is 3.